The van der Waals surface area contributed by atoms with E-state index in [1.165, 1.54) is 12.1 Å². The lowest BCUT2D eigenvalue weighted by Gasteiger charge is -2.07. The molecule has 3 aromatic rings. The molecule has 0 atom stereocenters. The molecule has 7 heteroatoms. The van der Waals surface area contributed by atoms with Crippen LogP contribution in [0, 0.1) is 0 Å². The van der Waals surface area contributed by atoms with Crippen LogP contribution in [0.5, 0.6) is 0 Å². The minimum absolute atomic E-state index is 0.246. The minimum Gasteiger partial charge on any atom is -0.348 e. The highest BCUT2D eigenvalue weighted by Crippen LogP contribution is 2.25. The molecular formula is C18H15F2N3OS. The maximum atomic E-state index is 12.3. The van der Waals surface area contributed by atoms with Crippen LogP contribution in [0.2, 0.25) is 0 Å². The average Bonchev–Trinajstić information content (AvgIpc) is 3.15. The monoisotopic (exact) mass is 359 g/mol. The Morgan fingerprint density at radius 1 is 1.12 bits per heavy atom. The van der Waals surface area contributed by atoms with Gasteiger partial charge in [-0.3, -0.25) is 4.79 Å². The maximum Gasteiger partial charge on any atom is 0.288 e. The van der Waals surface area contributed by atoms with E-state index in [4.69, 9.17) is 0 Å². The Morgan fingerprint density at radius 3 is 2.44 bits per heavy atom. The van der Waals surface area contributed by atoms with Gasteiger partial charge in [0, 0.05) is 29.4 Å². The Hall–Kier alpha value is -2.67. The molecule has 0 saturated heterocycles. The van der Waals surface area contributed by atoms with Crippen molar-refractivity contribution in [3.63, 3.8) is 0 Å². The third-order valence-electron chi connectivity index (χ3n) is 3.50. The number of hydrogen-bond donors (Lipinski definition) is 1. The Labute approximate surface area is 147 Å². The number of nitrogens with zero attached hydrogens (tertiary/aromatic N) is 2. The molecule has 0 aliphatic rings. The summed E-state index contributed by atoms with van der Waals surface area (Å²) in [6, 6.07) is 15.6. The lowest BCUT2D eigenvalue weighted by atomic mass is 10.2. The van der Waals surface area contributed by atoms with Gasteiger partial charge in [-0.05, 0) is 48.0 Å². The Bertz CT molecular complexity index is 819. The fourth-order valence-electron chi connectivity index (χ4n) is 2.26. The third kappa shape index (κ3) is 4.67. The van der Waals surface area contributed by atoms with E-state index in [2.05, 4.69) is 10.4 Å². The molecule has 0 aliphatic carbocycles. The number of amides is 1. The molecule has 0 saturated carbocycles. The van der Waals surface area contributed by atoms with E-state index < -0.39 is 5.76 Å². The quantitative estimate of drug-likeness (QED) is 0.674. The number of carbonyl (C=O) groups excluding carboxylic acids is 1. The van der Waals surface area contributed by atoms with Crippen molar-refractivity contribution in [2.24, 2.45) is 0 Å². The summed E-state index contributed by atoms with van der Waals surface area (Å²) in [4.78, 5) is 12.6. The number of halogens is 2. The molecular weight excluding hydrogens is 344 g/mol. The summed E-state index contributed by atoms with van der Waals surface area (Å²) >= 11 is 0.457. The molecule has 128 valence electrons. The van der Waals surface area contributed by atoms with Gasteiger partial charge in [0.25, 0.3) is 11.7 Å². The zero-order valence-corrected chi connectivity index (χ0v) is 13.9. The Kier molecular flexibility index (Phi) is 5.45. The summed E-state index contributed by atoms with van der Waals surface area (Å²) < 4.78 is 26.3. The number of hydrogen-bond acceptors (Lipinski definition) is 3. The van der Waals surface area contributed by atoms with Gasteiger partial charge >= 0.3 is 0 Å². The second-order valence-electron chi connectivity index (χ2n) is 5.20. The normalized spacial score (nSPS) is 10.8. The first-order chi connectivity index (χ1) is 12.1. The molecule has 25 heavy (non-hydrogen) atoms. The number of rotatable bonds is 6. The summed E-state index contributed by atoms with van der Waals surface area (Å²) in [6.07, 6.45) is 3.56. The molecule has 2 aromatic carbocycles. The first-order valence-electron chi connectivity index (χ1n) is 7.54. The molecule has 1 heterocycles. The fraction of sp³-hybridized carbons (Fsp3) is 0.111. The van der Waals surface area contributed by atoms with Crippen molar-refractivity contribution in [3.8, 4) is 5.69 Å². The van der Waals surface area contributed by atoms with Crippen LogP contribution in [-0.2, 0) is 6.54 Å². The highest BCUT2D eigenvalue weighted by Gasteiger charge is 2.08. The molecule has 0 bridgehead atoms. The Morgan fingerprint density at radius 2 is 1.84 bits per heavy atom. The topological polar surface area (TPSA) is 46.9 Å². The summed E-state index contributed by atoms with van der Waals surface area (Å²) in [5, 5.41) is 6.97. The Balaban J connectivity index is 1.56. The van der Waals surface area contributed by atoms with Gasteiger partial charge in [-0.25, -0.2) is 4.68 Å². The van der Waals surface area contributed by atoms with E-state index in [1.54, 1.807) is 23.0 Å². The predicted octanol–water partition coefficient (Wildman–Crippen LogP) is 4.12. The summed E-state index contributed by atoms with van der Waals surface area (Å²) in [5.41, 5.74) is 2.33. The van der Waals surface area contributed by atoms with Gasteiger partial charge in [0.2, 0.25) is 0 Å². The number of thioether (sulfide) groups is 1. The van der Waals surface area contributed by atoms with E-state index in [0.717, 1.165) is 11.3 Å². The fourth-order valence-corrected chi connectivity index (χ4v) is 2.76. The molecule has 3 rings (SSSR count). The molecule has 1 aromatic heterocycles. The third-order valence-corrected chi connectivity index (χ3v) is 4.22. The number of benzene rings is 2. The van der Waals surface area contributed by atoms with Crippen LogP contribution in [0.15, 0.2) is 71.9 Å². The lowest BCUT2D eigenvalue weighted by Crippen LogP contribution is -2.22. The standard InChI is InChI=1S/C18H15F2N3OS/c19-18(20)25-16-8-4-14(5-9-16)17(24)21-12-13-2-6-15(7-3-13)23-11-1-10-22-23/h1-11,18H,12H2,(H,21,24). The molecule has 0 radical (unpaired) electrons. The number of alkyl halides is 2. The van der Waals surface area contributed by atoms with Crippen LogP contribution < -0.4 is 5.32 Å². The largest absolute Gasteiger partial charge is 0.348 e. The molecule has 0 aliphatic heterocycles. The average molecular weight is 359 g/mol. The maximum absolute atomic E-state index is 12.3. The van der Waals surface area contributed by atoms with Crippen LogP contribution in [0.3, 0.4) is 0 Å². The van der Waals surface area contributed by atoms with Crippen molar-refractivity contribution in [2.75, 3.05) is 0 Å². The first-order valence-corrected chi connectivity index (χ1v) is 8.42. The highest BCUT2D eigenvalue weighted by molar-refractivity contribution is 7.99. The van der Waals surface area contributed by atoms with Gasteiger partial charge in [0.1, 0.15) is 0 Å². The van der Waals surface area contributed by atoms with Crippen LogP contribution in [0.4, 0.5) is 8.78 Å². The second kappa shape index (κ2) is 7.94. The molecule has 0 unspecified atom stereocenters. The summed E-state index contributed by atoms with van der Waals surface area (Å²) in [6.45, 7) is 0.381. The second-order valence-corrected chi connectivity index (χ2v) is 6.27. The van der Waals surface area contributed by atoms with Gasteiger partial charge in [0.05, 0.1) is 5.69 Å². The van der Waals surface area contributed by atoms with E-state index >= 15 is 0 Å². The summed E-state index contributed by atoms with van der Waals surface area (Å²) in [7, 11) is 0. The van der Waals surface area contributed by atoms with E-state index in [-0.39, 0.29) is 5.91 Å². The minimum atomic E-state index is -2.47. The van der Waals surface area contributed by atoms with Crippen molar-refractivity contribution < 1.29 is 13.6 Å². The smallest absolute Gasteiger partial charge is 0.288 e. The molecule has 0 spiro atoms. The van der Waals surface area contributed by atoms with Gasteiger partial charge < -0.3 is 5.32 Å². The van der Waals surface area contributed by atoms with Crippen LogP contribution in [0.25, 0.3) is 5.69 Å². The van der Waals surface area contributed by atoms with Gasteiger partial charge in [-0.1, -0.05) is 23.9 Å². The summed E-state index contributed by atoms with van der Waals surface area (Å²) in [5.74, 6) is -2.71. The number of nitrogens with one attached hydrogen (secondary N) is 1. The van der Waals surface area contributed by atoms with E-state index in [9.17, 15) is 13.6 Å². The van der Waals surface area contributed by atoms with Crippen molar-refractivity contribution in [2.45, 2.75) is 17.2 Å². The molecule has 1 N–H and O–H groups in total. The van der Waals surface area contributed by atoms with Gasteiger partial charge in [-0.2, -0.15) is 13.9 Å². The van der Waals surface area contributed by atoms with E-state index in [1.807, 2.05) is 36.5 Å². The predicted molar refractivity (Wildman–Crippen MR) is 93.0 cm³/mol. The van der Waals surface area contributed by atoms with Crippen molar-refractivity contribution in [1.29, 1.82) is 0 Å². The molecule has 4 nitrogen and oxygen atoms in total. The molecule has 1 amide bonds. The highest BCUT2D eigenvalue weighted by atomic mass is 32.2. The zero-order valence-electron chi connectivity index (χ0n) is 13.1. The van der Waals surface area contributed by atoms with Crippen LogP contribution in [-0.4, -0.2) is 21.4 Å². The SMILES string of the molecule is O=C(NCc1ccc(-n2cccn2)cc1)c1ccc(SC(F)F)cc1. The van der Waals surface area contributed by atoms with Crippen LogP contribution in [0.1, 0.15) is 15.9 Å². The van der Waals surface area contributed by atoms with E-state index in [0.29, 0.717) is 28.8 Å². The number of aromatic nitrogens is 2. The zero-order chi connectivity index (χ0) is 17.6. The van der Waals surface area contributed by atoms with Crippen molar-refractivity contribution in [1.82, 2.24) is 15.1 Å². The number of carbonyl (C=O) groups is 1. The van der Waals surface area contributed by atoms with Gasteiger partial charge in [0.15, 0.2) is 0 Å². The van der Waals surface area contributed by atoms with Crippen molar-refractivity contribution in [3.05, 3.63) is 78.1 Å². The van der Waals surface area contributed by atoms with Gasteiger partial charge in [-0.15, -0.1) is 0 Å². The lowest BCUT2D eigenvalue weighted by molar-refractivity contribution is 0.0951. The van der Waals surface area contributed by atoms with Crippen LogP contribution >= 0.6 is 11.8 Å². The molecule has 0 fully saturated rings. The first kappa shape index (κ1) is 17.2. The van der Waals surface area contributed by atoms with Crippen molar-refractivity contribution >= 4 is 17.7 Å².